The minimum Gasteiger partial charge on any atom is -0.309 e. The Bertz CT molecular complexity index is 2310. The summed E-state index contributed by atoms with van der Waals surface area (Å²) < 4.78 is 33.5. The number of fused-ring (bicyclic) bond motifs is 3. The number of benzene rings is 6. The van der Waals surface area contributed by atoms with Crippen molar-refractivity contribution in [2.24, 2.45) is 0 Å². The van der Waals surface area contributed by atoms with Crippen LogP contribution in [0.1, 0.15) is 11.1 Å². The molecule has 2 heterocycles. The van der Waals surface area contributed by atoms with Gasteiger partial charge in [0.15, 0.2) is 17.5 Å². The third-order valence-corrected chi connectivity index (χ3v) is 8.51. The van der Waals surface area contributed by atoms with Crippen LogP contribution in [0.25, 0.3) is 72.8 Å². The first-order valence-corrected chi connectivity index (χ1v) is 15.4. The zero-order valence-electron chi connectivity index (χ0n) is 25.7. The van der Waals surface area contributed by atoms with Gasteiger partial charge in [0, 0.05) is 38.7 Å². The molecule has 4 nitrogen and oxygen atoms in total. The lowest BCUT2D eigenvalue weighted by Crippen LogP contribution is -2.03. The number of rotatable bonds is 5. The zero-order valence-corrected chi connectivity index (χ0v) is 25.7. The first kappa shape index (κ1) is 28.5. The molecule has 0 saturated carbocycles. The highest BCUT2D eigenvalue weighted by Crippen LogP contribution is 2.39. The van der Waals surface area contributed by atoms with E-state index in [0.717, 1.165) is 49.7 Å². The summed E-state index contributed by atoms with van der Waals surface area (Å²) in [5.41, 5.74) is 7.38. The predicted octanol–water partition coefficient (Wildman–Crippen LogP) is 10.5. The van der Waals surface area contributed by atoms with Crippen LogP contribution in [-0.2, 0) is 0 Å². The van der Waals surface area contributed by atoms with Crippen molar-refractivity contribution in [1.82, 2.24) is 19.5 Å². The van der Waals surface area contributed by atoms with E-state index in [1.807, 2.05) is 78.9 Å². The van der Waals surface area contributed by atoms with Crippen molar-refractivity contribution in [3.8, 4) is 51.0 Å². The SMILES string of the molecule is Cc1ccc2c(c1)c1cc(C)ccc1n2-c1ccc(-c2nc(-c3ccccc3)nc(-c3ccccc3)n2)c(-c2c(F)cccc2F)c1. The second-order valence-electron chi connectivity index (χ2n) is 11.7. The summed E-state index contributed by atoms with van der Waals surface area (Å²) in [6.45, 7) is 4.16. The highest BCUT2D eigenvalue weighted by molar-refractivity contribution is 6.10. The van der Waals surface area contributed by atoms with Crippen LogP contribution in [0.15, 0.2) is 133 Å². The second kappa shape index (κ2) is 11.4. The van der Waals surface area contributed by atoms with Crippen molar-refractivity contribution in [3.63, 3.8) is 0 Å². The van der Waals surface area contributed by atoms with Crippen LogP contribution in [0.5, 0.6) is 0 Å². The fourth-order valence-electron chi connectivity index (χ4n) is 6.29. The summed E-state index contributed by atoms with van der Waals surface area (Å²) in [6, 6.07) is 41.6. The van der Waals surface area contributed by atoms with Gasteiger partial charge in [0.1, 0.15) is 11.6 Å². The maximum Gasteiger partial charge on any atom is 0.164 e. The van der Waals surface area contributed by atoms with Crippen molar-refractivity contribution >= 4 is 21.8 Å². The molecule has 0 atom stereocenters. The molecular formula is C41H28F2N4. The molecule has 0 aliphatic carbocycles. The first-order chi connectivity index (χ1) is 22.9. The van der Waals surface area contributed by atoms with Gasteiger partial charge < -0.3 is 4.57 Å². The minimum atomic E-state index is -0.669. The lowest BCUT2D eigenvalue weighted by atomic mass is 9.97. The van der Waals surface area contributed by atoms with Crippen LogP contribution < -0.4 is 0 Å². The van der Waals surface area contributed by atoms with E-state index in [2.05, 4.69) is 54.8 Å². The Hall–Kier alpha value is -6.01. The third kappa shape index (κ3) is 5.04. The molecule has 0 N–H and O–H groups in total. The topological polar surface area (TPSA) is 43.6 Å². The molecule has 8 aromatic rings. The Kier molecular flexibility index (Phi) is 6.91. The molecule has 0 amide bonds. The summed E-state index contributed by atoms with van der Waals surface area (Å²) >= 11 is 0. The van der Waals surface area contributed by atoms with Crippen molar-refractivity contribution in [2.75, 3.05) is 0 Å². The molecule has 2 aromatic heterocycles. The lowest BCUT2D eigenvalue weighted by molar-refractivity contribution is 0.589. The van der Waals surface area contributed by atoms with E-state index < -0.39 is 11.6 Å². The third-order valence-electron chi connectivity index (χ3n) is 8.51. The molecule has 0 saturated heterocycles. The minimum absolute atomic E-state index is 0.139. The highest BCUT2D eigenvalue weighted by atomic mass is 19.1. The smallest absolute Gasteiger partial charge is 0.164 e. The summed E-state index contributed by atoms with van der Waals surface area (Å²) in [6.07, 6.45) is 0. The second-order valence-corrected chi connectivity index (χ2v) is 11.7. The summed E-state index contributed by atoms with van der Waals surface area (Å²) in [5.74, 6) is -0.0939. The molecule has 6 heteroatoms. The van der Waals surface area contributed by atoms with Gasteiger partial charge in [-0.05, 0) is 68.4 Å². The Morgan fingerprint density at radius 3 is 1.51 bits per heavy atom. The summed E-state index contributed by atoms with van der Waals surface area (Å²) in [7, 11) is 0. The zero-order chi connectivity index (χ0) is 32.1. The molecule has 0 fully saturated rings. The van der Waals surface area contributed by atoms with Crippen LogP contribution in [0.3, 0.4) is 0 Å². The molecule has 0 unspecified atom stereocenters. The molecule has 0 spiro atoms. The van der Waals surface area contributed by atoms with Gasteiger partial charge in [-0.25, -0.2) is 23.7 Å². The monoisotopic (exact) mass is 614 g/mol. The van der Waals surface area contributed by atoms with Crippen LogP contribution in [-0.4, -0.2) is 19.5 Å². The maximum absolute atomic E-state index is 15.7. The molecule has 6 aromatic carbocycles. The van der Waals surface area contributed by atoms with E-state index in [1.54, 1.807) is 0 Å². The number of hydrogen-bond acceptors (Lipinski definition) is 3. The fraction of sp³-hybridized carbons (Fsp3) is 0.0488. The van der Waals surface area contributed by atoms with Crippen LogP contribution in [0, 0.1) is 25.5 Å². The van der Waals surface area contributed by atoms with Gasteiger partial charge >= 0.3 is 0 Å². The van der Waals surface area contributed by atoms with Gasteiger partial charge in [0.05, 0.1) is 16.6 Å². The van der Waals surface area contributed by atoms with Crippen molar-refractivity contribution in [1.29, 1.82) is 0 Å². The molecule has 0 aliphatic rings. The Balaban J connectivity index is 1.43. The largest absolute Gasteiger partial charge is 0.309 e. The average Bonchev–Trinajstić information content (AvgIpc) is 3.41. The van der Waals surface area contributed by atoms with Crippen molar-refractivity contribution in [2.45, 2.75) is 13.8 Å². The number of nitrogens with zero attached hydrogens (tertiary/aromatic N) is 4. The summed E-state index contributed by atoms with van der Waals surface area (Å²) in [4.78, 5) is 14.6. The molecular weight excluding hydrogens is 586 g/mol. The molecule has 226 valence electrons. The number of halogens is 2. The molecule has 0 aliphatic heterocycles. The van der Waals surface area contributed by atoms with E-state index in [-0.39, 0.29) is 5.56 Å². The number of aryl methyl sites for hydroxylation is 2. The fourth-order valence-corrected chi connectivity index (χ4v) is 6.29. The van der Waals surface area contributed by atoms with Crippen molar-refractivity contribution in [3.05, 3.63) is 156 Å². The van der Waals surface area contributed by atoms with E-state index >= 15 is 8.78 Å². The Labute approximate surface area is 270 Å². The van der Waals surface area contributed by atoms with Gasteiger partial charge in [-0.2, -0.15) is 0 Å². The standard InChI is InChI=1S/C41H28F2N4/c1-25-16-20-36-31(22-25)32-23-26(2)17-21-37(32)47(36)29-18-19-30(33(24-29)38-34(42)14-9-15-35(38)43)41-45-39(27-10-5-3-6-11-27)44-40(46-41)28-12-7-4-8-13-28/h3-24H,1-2H3. The molecule has 8 rings (SSSR count). The normalized spacial score (nSPS) is 11.4. The maximum atomic E-state index is 15.7. The van der Waals surface area contributed by atoms with Crippen LogP contribution >= 0.6 is 0 Å². The Morgan fingerprint density at radius 2 is 0.979 bits per heavy atom. The van der Waals surface area contributed by atoms with Crippen LogP contribution in [0.4, 0.5) is 8.78 Å². The number of hydrogen-bond donors (Lipinski definition) is 0. The first-order valence-electron chi connectivity index (χ1n) is 15.4. The molecule has 0 radical (unpaired) electrons. The Morgan fingerprint density at radius 1 is 0.468 bits per heavy atom. The van der Waals surface area contributed by atoms with Crippen molar-refractivity contribution < 1.29 is 8.78 Å². The van der Waals surface area contributed by atoms with E-state index in [0.29, 0.717) is 28.6 Å². The van der Waals surface area contributed by atoms with Gasteiger partial charge in [-0.15, -0.1) is 0 Å². The van der Waals surface area contributed by atoms with E-state index in [1.165, 1.54) is 18.2 Å². The van der Waals surface area contributed by atoms with E-state index in [4.69, 9.17) is 15.0 Å². The van der Waals surface area contributed by atoms with Crippen LogP contribution in [0.2, 0.25) is 0 Å². The molecule has 47 heavy (non-hydrogen) atoms. The quantitative estimate of drug-likeness (QED) is 0.194. The van der Waals surface area contributed by atoms with Gasteiger partial charge in [0.2, 0.25) is 0 Å². The summed E-state index contributed by atoms with van der Waals surface area (Å²) in [5, 5.41) is 2.23. The molecule has 0 bridgehead atoms. The van der Waals surface area contributed by atoms with Gasteiger partial charge in [-0.3, -0.25) is 0 Å². The average molecular weight is 615 g/mol. The predicted molar refractivity (Wildman–Crippen MR) is 185 cm³/mol. The van der Waals surface area contributed by atoms with E-state index in [9.17, 15) is 0 Å². The van der Waals surface area contributed by atoms with Gasteiger partial charge in [-0.1, -0.05) is 90.0 Å². The highest BCUT2D eigenvalue weighted by Gasteiger charge is 2.22. The van der Waals surface area contributed by atoms with Gasteiger partial charge in [0.25, 0.3) is 0 Å². The lowest BCUT2D eigenvalue weighted by Gasteiger charge is -2.16. The number of aromatic nitrogens is 4.